The van der Waals surface area contributed by atoms with Crippen LogP contribution in [0.1, 0.15) is 5.56 Å². The van der Waals surface area contributed by atoms with Gasteiger partial charge in [-0.15, -0.1) is 0 Å². The van der Waals surface area contributed by atoms with Crippen molar-refractivity contribution in [1.82, 2.24) is 5.32 Å². The molecule has 0 heterocycles. The number of amides is 2. The van der Waals surface area contributed by atoms with Crippen LogP contribution in [-0.2, 0) is 6.54 Å². The van der Waals surface area contributed by atoms with Gasteiger partial charge in [-0.3, -0.25) is 0 Å². The van der Waals surface area contributed by atoms with Crippen LogP contribution in [0.25, 0.3) is 0 Å². The van der Waals surface area contributed by atoms with Crippen LogP contribution in [0.5, 0.6) is 0 Å². The van der Waals surface area contributed by atoms with Crippen molar-refractivity contribution >= 4 is 34.9 Å². The Labute approximate surface area is 125 Å². The van der Waals surface area contributed by atoms with Gasteiger partial charge in [0.1, 0.15) is 5.82 Å². The van der Waals surface area contributed by atoms with Crippen molar-refractivity contribution in [3.05, 3.63) is 63.9 Å². The summed E-state index contributed by atoms with van der Waals surface area (Å²) < 4.78 is 13.4. The Bertz CT molecular complexity index is 634. The molecule has 0 bridgehead atoms. The van der Waals surface area contributed by atoms with Gasteiger partial charge in [-0.25, -0.2) is 9.18 Å². The standard InChI is InChI=1S/C14H11Cl2FN2O/c15-11-6-5-10(7-12(11)16)19-14(20)18-8-9-3-1-2-4-13(9)17/h1-7H,8H2,(H2,18,19,20). The van der Waals surface area contributed by atoms with Crippen LogP contribution in [0.15, 0.2) is 42.5 Å². The number of carbonyl (C=O) groups excluding carboxylic acids is 1. The molecule has 2 amide bonds. The fraction of sp³-hybridized carbons (Fsp3) is 0.0714. The Morgan fingerprint density at radius 3 is 2.55 bits per heavy atom. The van der Waals surface area contributed by atoms with Crippen molar-refractivity contribution in [2.75, 3.05) is 5.32 Å². The normalized spacial score (nSPS) is 10.2. The Morgan fingerprint density at radius 2 is 1.85 bits per heavy atom. The van der Waals surface area contributed by atoms with Crippen molar-refractivity contribution in [2.45, 2.75) is 6.54 Å². The molecule has 0 aliphatic carbocycles. The zero-order valence-electron chi connectivity index (χ0n) is 10.3. The largest absolute Gasteiger partial charge is 0.334 e. The third-order valence-electron chi connectivity index (χ3n) is 2.57. The molecule has 2 rings (SSSR count). The molecule has 0 aliphatic rings. The Balaban J connectivity index is 1.93. The lowest BCUT2D eigenvalue weighted by atomic mass is 10.2. The number of urea groups is 1. The van der Waals surface area contributed by atoms with Gasteiger partial charge in [0.15, 0.2) is 0 Å². The summed E-state index contributed by atoms with van der Waals surface area (Å²) in [5, 5.41) is 5.89. The fourth-order valence-corrected chi connectivity index (χ4v) is 1.86. The van der Waals surface area contributed by atoms with Crippen LogP contribution in [0.2, 0.25) is 10.0 Å². The second-order valence-corrected chi connectivity index (χ2v) is 4.84. The second kappa shape index (κ2) is 6.59. The number of hydrogen-bond acceptors (Lipinski definition) is 1. The van der Waals surface area contributed by atoms with Gasteiger partial charge >= 0.3 is 6.03 Å². The minimum atomic E-state index is -0.452. The van der Waals surface area contributed by atoms with Gasteiger partial charge in [-0.1, -0.05) is 41.4 Å². The van der Waals surface area contributed by atoms with E-state index < -0.39 is 6.03 Å². The highest BCUT2D eigenvalue weighted by Gasteiger charge is 2.06. The van der Waals surface area contributed by atoms with E-state index in [1.165, 1.54) is 12.1 Å². The first-order valence-electron chi connectivity index (χ1n) is 5.79. The molecule has 0 fully saturated rings. The molecule has 3 nitrogen and oxygen atoms in total. The summed E-state index contributed by atoms with van der Waals surface area (Å²) in [6.45, 7) is 0.0971. The molecular formula is C14H11Cl2FN2O. The fourth-order valence-electron chi connectivity index (χ4n) is 1.57. The summed E-state index contributed by atoms with van der Waals surface area (Å²) in [5.41, 5.74) is 0.919. The second-order valence-electron chi connectivity index (χ2n) is 4.03. The van der Waals surface area contributed by atoms with Crippen LogP contribution in [0.4, 0.5) is 14.9 Å². The first-order valence-corrected chi connectivity index (χ1v) is 6.55. The average Bonchev–Trinajstić information content (AvgIpc) is 2.42. The van der Waals surface area contributed by atoms with E-state index in [0.29, 0.717) is 21.3 Å². The number of rotatable bonds is 3. The number of halogens is 3. The van der Waals surface area contributed by atoms with E-state index >= 15 is 0 Å². The Hall–Kier alpha value is -1.78. The van der Waals surface area contributed by atoms with Crippen LogP contribution in [0, 0.1) is 5.82 Å². The van der Waals surface area contributed by atoms with Gasteiger partial charge in [-0.05, 0) is 24.3 Å². The van der Waals surface area contributed by atoms with Crippen LogP contribution in [-0.4, -0.2) is 6.03 Å². The van der Waals surface area contributed by atoms with E-state index in [4.69, 9.17) is 23.2 Å². The molecule has 0 spiro atoms. The van der Waals surface area contributed by atoms with E-state index in [1.54, 1.807) is 30.3 Å². The summed E-state index contributed by atoms with van der Waals surface area (Å²) in [5.74, 6) is -0.359. The molecule has 0 aromatic heterocycles. The quantitative estimate of drug-likeness (QED) is 0.863. The monoisotopic (exact) mass is 312 g/mol. The first kappa shape index (κ1) is 14.6. The number of benzene rings is 2. The summed E-state index contributed by atoms with van der Waals surface area (Å²) in [4.78, 5) is 11.7. The highest BCUT2D eigenvalue weighted by Crippen LogP contribution is 2.24. The number of nitrogens with one attached hydrogen (secondary N) is 2. The van der Waals surface area contributed by atoms with E-state index in [1.807, 2.05) is 0 Å². The predicted molar refractivity (Wildman–Crippen MR) is 78.7 cm³/mol. The molecule has 2 aromatic rings. The molecule has 0 saturated carbocycles. The predicted octanol–water partition coefficient (Wildman–Crippen LogP) is 4.45. The van der Waals surface area contributed by atoms with Gasteiger partial charge in [0.2, 0.25) is 0 Å². The molecule has 104 valence electrons. The van der Waals surface area contributed by atoms with Crippen molar-refractivity contribution < 1.29 is 9.18 Å². The first-order chi connectivity index (χ1) is 9.56. The minimum absolute atomic E-state index is 0.0971. The molecule has 20 heavy (non-hydrogen) atoms. The molecule has 2 aromatic carbocycles. The smallest absolute Gasteiger partial charge is 0.319 e. The lowest BCUT2D eigenvalue weighted by Gasteiger charge is -2.09. The topological polar surface area (TPSA) is 41.1 Å². The van der Waals surface area contributed by atoms with Gasteiger partial charge in [0.25, 0.3) is 0 Å². The van der Waals surface area contributed by atoms with Crippen LogP contribution in [0.3, 0.4) is 0 Å². The van der Waals surface area contributed by atoms with Gasteiger partial charge in [0.05, 0.1) is 10.0 Å². The number of hydrogen-bond donors (Lipinski definition) is 2. The van der Waals surface area contributed by atoms with Crippen molar-refractivity contribution in [1.29, 1.82) is 0 Å². The molecule has 2 N–H and O–H groups in total. The summed E-state index contributed by atoms with van der Waals surface area (Å²) in [7, 11) is 0. The third kappa shape index (κ3) is 3.85. The van der Waals surface area contributed by atoms with Crippen LogP contribution >= 0.6 is 23.2 Å². The highest BCUT2D eigenvalue weighted by molar-refractivity contribution is 6.42. The lowest BCUT2D eigenvalue weighted by Crippen LogP contribution is -2.28. The molecule has 0 unspecified atom stereocenters. The maximum Gasteiger partial charge on any atom is 0.319 e. The molecule has 6 heteroatoms. The van der Waals surface area contributed by atoms with Crippen molar-refractivity contribution in [3.63, 3.8) is 0 Å². The molecule has 0 atom stereocenters. The maximum atomic E-state index is 13.4. The van der Waals surface area contributed by atoms with E-state index in [9.17, 15) is 9.18 Å². The summed E-state index contributed by atoms with van der Waals surface area (Å²) in [6, 6.07) is 10.5. The SMILES string of the molecule is O=C(NCc1ccccc1F)Nc1ccc(Cl)c(Cl)c1. The van der Waals surface area contributed by atoms with Crippen molar-refractivity contribution in [3.8, 4) is 0 Å². The number of carbonyl (C=O) groups is 1. The summed E-state index contributed by atoms with van der Waals surface area (Å²) >= 11 is 11.6. The van der Waals surface area contributed by atoms with Gasteiger partial charge in [0, 0.05) is 17.8 Å². The Kier molecular flexibility index (Phi) is 4.82. The highest BCUT2D eigenvalue weighted by atomic mass is 35.5. The average molecular weight is 313 g/mol. The van der Waals surface area contributed by atoms with E-state index in [2.05, 4.69) is 10.6 Å². The zero-order valence-corrected chi connectivity index (χ0v) is 11.8. The maximum absolute atomic E-state index is 13.4. The van der Waals surface area contributed by atoms with Crippen LogP contribution < -0.4 is 10.6 Å². The molecular weight excluding hydrogens is 302 g/mol. The zero-order chi connectivity index (χ0) is 14.5. The van der Waals surface area contributed by atoms with Gasteiger partial charge in [-0.2, -0.15) is 0 Å². The molecule has 0 saturated heterocycles. The summed E-state index contributed by atoms with van der Waals surface area (Å²) in [6.07, 6.45) is 0. The van der Waals surface area contributed by atoms with Gasteiger partial charge < -0.3 is 10.6 Å². The lowest BCUT2D eigenvalue weighted by molar-refractivity contribution is 0.251. The van der Waals surface area contributed by atoms with Crippen molar-refractivity contribution in [2.24, 2.45) is 0 Å². The third-order valence-corrected chi connectivity index (χ3v) is 3.31. The molecule has 0 radical (unpaired) electrons. The van der Waals surface area contributed by atoms with E-state index in [0.717, 1.165) is 0 Å². The van der Waals surface area contributed by atoms with E-state index in [-0.39, 0.29) is 12.4 Å². The Morgan fingerprint density at radius 1 is 1.10 bits per heavy atom. The number of anilines is 1. The minimum Gasteiger partial charge on any atom is -0.334 e. The molecule has 0 aliphatic heterocycles.